The first-order chi connectivity index (χ1) is 4.64. The molecule has 0 atom stereocenters. The van der Waals surface area contributed by atoms with E-state index in [1.807, 2.05) is 13.8 Å². The summed E-state index contributed by atoms with van der Waals surface area (Å²) in [5.41, 5.74) is 0. The summed E-state index contributed by atoms with van der Waals surface area (Å²) >= 11 is 0. The van der Waals surface area contributed by atoms with Crippen molar-refractivity contribution in [3.8, 4) is 0 Å². The van der Waals surface area contributed by atoms with Crippen LogP contribution in [-0.4, -0.2) is 18.9 Å². The van der Waals surface area contributed by atoms with Crippen molar-refractivity contribution in [1.82, 2.24) is 5.32 Å². The van der Waals surface area contributed by atoms with Crippen LogP contribution in [0.3, 0.4) is 0 Å². The van der Waals surface area contributed by atoms with Gasteiger partial charge in [0.25, 0.3) is 0 Å². The molecule has 1 rings (SSSR count). The van der Waals surface area contributed by atoms with Crippen LogP contribution in [0.15, 0.2) is 0 Å². The Balaban J connectivity index is 0.000000172. The van der Waals surface area contributed by atoms with Crippen LogP contribution in [0.5, 0.6) is 0 Å². The molecule has 2 nitrogen and oxygen atoms in total. The zero-order valence-electron chi connectivity index (χ0n) is 7.11. The van der Waals surface area contributed by atoms with E-state index >= 15 is 0 Å². The zero-order valence-corrected chi connectivity index (χ0v) is 7.11. The molecule has 1 N–H and O–H groups in total. The summed E-state index contributed by atoms with van der Waals surface area (Å²) in [7, 11) is 0. The normalized spacial score (nSPS) is 15.2. The highest BCUT2D eigenvalue weighted by Crippen LogP contribution is 1.89. The quantitative estimate of drug-likeness (QED) is 0.598. The van der Waals surface area contributed by atoms with E-state index in [0.717, 1.165) is 0 Å². The number of rotatable bonds is 1. The molecule has 1 saturated heterocycles. The molecule has 0 aliphatic carbocycles. The van der Waals surface area contributed by atoms with Crippen LogP contribution < -0.4 is 5.32 Å². The first kappa shape index (κ1) is 9.63. The highest BCUT2D eigenvalue weighted by atomic mass is 16.1. The van der Waals surface area contributed by atoms with Gasteiger partial charge < -0.3 is 5.32 Å². The Hall–Kier alpha value is -0.370. The summed E-state index contributed by atoms with van der Waals surface area (Å²) in [6, 6.07) is 0. The van der Waals surface area contributed by atoms with Gasteiger partial charge in [0.05, 0.1) is 0 Å². The molecule has 60 valence electrons. The van der Waals surface area contributed by atoms with E-state index in [-0.39, 0.29) is 11.7 Å². The molecular formula is C8H17NO. The Morgan fingerprint density at radius 3 is 1.60 bits per heavy atom. The van der Waals surface area contributed by atoms with E-state index < -0.39 is 0 Å². The summed E-state index contributed by atoms with van der Waals surface area (Å²) in [4.78, 5) is 10.1. The fraction of sp³-hybridized carbons (Fsp3) is 0.875. The van der Waals surface area contributed by atoms with Crippen LogP contribution in [0.4, 0.5) is 0 Å². The van der Waals surface area contributed by atoms with Crippen molar-refractivity contribution >= 4 is 5.78 Å². The molecule has 0 aromatic heterocycles. The molecule has 0 amide bonds. The fourth-order valence-electron chi connectivity index (χ4n) is 0.177. The molecule has 0 radical (unpaired) electrons. The molecule has 1 aliphatic rings. The Bertz CT molecular complexity index is 91.4. The number of nitrogens with one attached hydrogen (secondary N) is 1. The van der Waals surface area contributed by atoms with E-state index in [1.165, 1.54) is 19.5 Å². The van der Waals surface area contributed by atoms with Crippen molar-refractivity contribution < 1.29 is 4.79 Å². The summed E-state index contributed by atoms with van der Waals surface area (Å²) in [5.74, 6) is 0.472. The van der Waals surface area contributed by atoms with Gasteiger partial charge in [-0.3, -0.25) is 4.79 Å². The summed E-state index contributed by atoms with van der Waals surface area (Å²) < 4.78 is 0. The van der Waals surface area contributed by atoms with Crippen molar-refractivity contribution in [3.05, 3.63) is 0 Å². The number of carbonyl (C=O) groups is 1. The molecular weight excluding hydrogens is 126 g/mol. The zero-order chi connectivity index (χ0) is 7.98. The van der Waals surface area contributed by atoms with Crippen molar-refractivity contribution in [3.63, 3.8) is 0 Å². The van der Waals surface area contributed by atoms with E-state index in [9.17, 15) is 4.79 Å². The average molecular weight is 143 g/mol. The maximum atomic E-state index is 10.1. The van der Waals surface area contributed by atoms with Gasteiger partial charge in [0.2, 0.25) is 0 Å². The van der Waals surface area contributed by atoms with Crippen LogP contribution in [0.1, 0.15) is 27.2 Å². The molecule has 0 saturated carbocycles. The molecule has 0 aromatic carbocycles. The minimum Gasteiger partial charge on any atom is -0.317 e. The smallest absolute Gasteiger partial charge is 0.132 e. The molecule has 1 heterocycles. The third-order valence-electron chi connectivity index (χ3n) is 1.52. The van der Waals surface area contributed by atoms with Gasteiger partial charge in [0, 0.05) is 5.92 Å². The first-order valence-electron chi connectivity index (χ1n) is 3.85. The van der Waals surface area contributed by atoms with E-state index in [0.29, 0.717) is 0 Å². The largest absolute Gasteiger partial charge is 0.317 e. The Morgan fingerprint density at radius 1 is 1.40 bits per heavy atom. The second-order valence-electron chi connectivity index (χ2n) is 2.87. The van der Waals surface area contributed by atoms with Crippen LogP contribution in [0, 0.1) is 5.92 Å². The molecule has 2 heteroatoms. The monoisotopic (exact) mass is 143 g/mol. The van der Waals surface area contributed by atoms with Gasteiger partial charge in [-0.2, -0.15) is 0 Å². The molecule has 0 bridgehead atoms. The second kappa shape index (κ2) is 5.42. The fourth-order valence-corrected chi connectivity index (χ4v) is 0.177. The van der Waals surface area contributed by atoms with Gasteiger partial charge in [-0.25, -0.2) is 0 Å². The van der Waals surface area contributed by atoms with Crippen molar-refractivity contribution in [2.45, 2.75) is 27.2 Å². The Labute approximate surface area is 63.0 Å². The third kappa shape index (κ3) is 5.76. The standard InChI is InChI=1S/C5H10O.C3H7N/c1-4(2)5(3)6;1-2-4-3-1/h4H,1-3H3;4H,1-3H2. The molecule has 0 unspecified atom stereocenters. The van der Waals surface area contributed by atoms with Crippen molar-refractivity contribution in [2.75, 3.05) is 13.1 Å². The molecule has 1 aliphatic heterocycles. The second-order valence-corrected chi connectivity index (χ2v) is 2.87. The lowest BCUT2D eigenvalue weighted by molar-refractivity contribution is -0.119. The van der Waals surface area contributed by atoms with Crippen molar-refractivity contribution in [1.29, 1.82) is 0 Å². The van der Waals surface area contributed by atoms with Crippen molar-refractivity contribution in [2.24, 2.45) is 5.92 Å². The van der Waals surface area contributed by atoms with Gasteiger partial charge in [-0.15, -0.1) is 0 Å². The lowest BCUT2D eigenvalue weighted by Crippen LogP contribution is -2.29. The minimum atomic E-state index is 0.213. The molecule has 0 aromatic rings. The van der Waals surface area contributed by atoms with Gasteiger partial charge in [0.15, 0.2) is 0 Å². The Morgan fingerprint density at radius 2 is 1.60 bits per heavy atom. The molecule has 1 fully saturated rings. The maximum Gasteiger partial charge on any atom is 0.132 e. The minimum absolute atomic E-state index is 0.213. The predicted octanol–water partition coefficient (Wildman–Crippen LogP) is 1.21. The highest BCUT2D eigenvalue weighted by molar-refractivity contribution is 5.77. The van der Waals surface area contributed by atoms with Crippen LogP contribution in [0.2, 0.25) is 0 Å². The van der Waals surface area contributed by atoms with Gasteiger partial charge in [0.1, 0.15) is 5.78 Å². The average Bonchev–Trinajstić information content (AvgIpc) is 1.59. The number of hydrogen-bond acceptors (Lipinski definition) is 2. The lowest BCUT2D eigenvalue weighted by atomic mass is 10.1. The highest BCUT2D eigenvalue weighted by Gasteiger charge is 1.95. The third-order valence-corrected chi connectivity index (χ3v) is 1.52. The number of Topliss-reactive ketones (excluding diaryl/α,β-unsaturated/α-hetero) is 1. The van der Waals surface area contributed by atoms with Gasteiger partial charge in [-0.1, -0.05) is 13.8 Å². The van der Waals surface area contributed by atoms with E-state index in [4.69, 9.17) is 0 Å². The predicted molar refractivity (Wildman–Crippen MR) is 43.0 cm³/mol. The lowest BCUT2D eigenvalue weighted by Gasteiger charge is -2.09. The van der Waals surface area contributed by atoms with E-state index in [1.54, 1.807) is 6.92 Å². The van der Waals surface area contributed by atoms with Gasteiger partial charge in [-0.05, 0) is 26.4 Å². The summed E-state index contributed by atoms with van der Waals surface area (Å²) in [5, 5.41) is 3.11. The summed E-state index contributed by atoms with van der Waals surface area (Å²) in [6.07, 6.45) is 1.39. The topological polar surface area (TPSA) is 29.1 Å². The van der Waals surface area contributed by atoms with Crippen LogP contribution in [-0.2, 0) is 4.79 Å². The Kier molecular flexibility index (Phi) is 5.22. The molecule has 0 spiro atoms. The number of hydrogen-bond donors (Lipinski definition) is 1. The maximum absolute atomic E-state index is 10.1. The molecule has 10 heavy (non-hydrogen) atoms. The van der Waals surface area contributed by atoms with E-state index in [2.05, 4.69) is 5.32 Å². The van der Waals surface area contributed by atoms with Crippen LogP contribution >= 0.6 is 0 Å². The number of ketones is 1. The van der Waals surface area contributed by atoms with Crippen LogP contribution in [0.25, 0.3) is 0 Å². The SMILES string of the molecule is C1CNC1.CC(=O)C(C)C. The first-order valence-corrected chi connectivity index (χ1v) is 3.85. The van der Waals surface area contributed by atoms with Gasteiger partial charge >= 0.3 is 0 Å². The number of carbonyl (C=O) groups excluding carboxylic acids is 1. The summed E-state index contributed by atoms with van der Waals surface area (Å²) in [6.45, 7) is 7.88.